The van der Waals surface area contributed by atoms with Gasteiger partial charge in [0, 0.05) is 34.1 Å². The van der Waals surface area contributed by atoms with Crippen molar-refractivity contribution in [2.75, 3.05) is 13.1 Å². The monoisotopic (exact) mass is 537 g/mol. The average Bonchev–Trinajstić information content (AvgIpc) is 3.61. The van der Waals surface area contributed by atoms with Crippen molar-refractivity contribution < 1.29 is 13.2 Å². The molecule has 2 aromatic heterocycles. The number of carbonyl (C=O) groups excluding carboxylic acids is 1. The van der Waals surface area contributed by atoms with Gasteiger partial charge in [0.05, 0.1) is 18.1 Å². The van der Waals surface area contributed by atoms with Gasteiger partial charge >= 0.3 is 0 Å². The summed E-state index contributed by atoms with van der Waals surface area (Å²) >= 11 is 7.83. The highest BCUT2D eigenvalue weighted by Crippen LogP contribution is 2.39. The summed E-state index contributed by atoms with van der Waals surface area (Å²) in [6, 6.07) is 17.9. The number of para-hydroxylation sites is 1. The minimum Gasteiger partial charge on any atom is -0.330 e. The smallest absolute Gasteiger partial charge is 0.245 e. The van der Waals surface area contributed by atoms with Crippen LogP contribution < -0.4 is 0 Å². The summed E-state index contributed by atoms with van der Waals surface area (Å²) < 4.78 is 29.2. The number of aromatic nitrogens is 1. The van der Waals surface area contributed by atoms with Crippen molar-refractivity contribution in [2.24, 2.45) is 0 Å². The lowest BCUT2D eigenvalue weighted by Gasteiger charge is -2.37. The lowest BCUT2D eigenvalue weighted by atomic mass is 9.93. The van der Waals surface area contributed by atoms with Crippen LogP contribution in [0.5, 0.6) is 0 Å². The first-order chi connectivity index (χ1) is 17.4. The van der Waals surface area contributed by atoms with Crippen LogP contribution in [0.25, 0.3) is 10.9 Å². The van der Waals surface area contributed by atoms with Crippen LogP contribution in [0.15, 0.2) is 77.1 Å². The third kappa shape index (κ3) is 4.22. The van der Waals surface area contributed by atoms with E-state index in [2.05, 4.69) is 16.4 Å². The number of halogens is 1. The van der Waals surface area contributed by atoms with E-state index in [4.69, 9.17) is 11.6 Å². The molecule has 2 aliphatic rings. The van der Waals surface area contributed by atoms with E-state index in [-0.39, 0.29) is 29.4 Å². The Morgan fingerprint density at radius 2 is 1.86 bits per heavy atom. The molecule has 184 valence electrons. The van der Waals surface area contributed by atoms with E-state index in [9.17, 15) is 13.2 Å². The number of pyridine rings is 1. The highest BCUT2D eigenvalue weighted by molar-refractivity contribution is 7.89. The van der Waals surface area contributed by atoms with Crippen molar-refractivity contribution in [1.29, 1.82) is 0 Å². The van der Waals surface area contributed by atoms with E-state index in [1.165, 1.54) is 9.18 Å². The molecule has 0 radical (unpaired) electrons. The van der Waals surface area contributed by atoms with Crippen LogP contribution in [0, 0.1) is 0 Å². The van der Waals surface area contributed by atoms with Crippen molar-refractivity contribution in [2.45, 2.75) is 36.2 Å². The van der Waals surface area contributed by atoms with Crippen LogP contribution in [-0.4, -0.2) is 47.6 Å². The summed E-state index contributed by atoms with van der Waals surface area (Å²) in [6.45, 7) is 0.341. The molecule has 0 spiro atoms. The number of carbonyl (C=O) groups is 1. The summed E-state index contributed by atoms with van der Waals surface area (Å²) in [5, 5.41) is 3.44. The molecule has 0 bridgehead atoms. The van der Waals surface area contributed by atoms with Gasteiger partial charge < -0.3 is 4.90 Å². The Hall–Kier alpha value is -2.78. The molecule has 1 aliphatic carbocycles. The van der Waals surface area contributed by atoms with Gasteiger partial charge in [0.2, 0.25) is 15.9 Å². The molecule has 3 heterocycles. The van der Waals surface area contributed by atoms with Gasteiger partial charge in [-0.2, -0.15) is 4.31 Å². The van der Waals surface area contributed by atoms with Crippen LogP contribution in [-0.2, 0) is 21.2 Å². The maximum atomic E-state index is 13.9. The molecule has 1 aliphatic heterocycles. The molecule has 0 saturated heterocycles. The first-order valence-corrected chi connectivity index (χ1v) is 14.6. The SMILES string of the molecule is O=C(CN(C1CC1)S(=O)(=O)c1cccc2cccnc12)N1CCc2sccc2C1c1ccc(Cl)cc1. The van der Waals surface area contributed by atoms with Gasteiger partial charge in [0.1, 0.15) is 4.90 Å². The van der Waals surface area contributed by atoms with Gasteiger partial charge in [0.25, 0.3) is 0 Å². The molecule has 6 rings (SSSR count). The number of hydrogen-bond donors (Lipinski definition) is 0. The van der Waals surface area contributed by atoms with Crippen molar-refractivity contribution >= 4 is 49.8 Å². The quantitative estimate of drug-likeness (QED) is 0.335. The second kappa shape index (κ2) is 9.27. The maximum absolute atomic E-state index is 13.9. The predicted molar refractivity (Wildman–Crippen MR) is 142 cm³/mol. The van der Waals surface area contributed by atoms with Crippen LogP contribution in [0.3, 0.4) is 0 Å². The van der Waals surface area contributed by atoms with Gasteiger partial charge in [-0.25, -0.2) is 8.42 Å². The molecule has 1 fully saturated rings. The Labute approximate surface area is 219 Å². The minimum atomic E-state index is -3.93. The second-order valence-electron chi connectivity index (χ2n) is 9.20. The van der Waals surface area contributed by atoms with E-state index in [1.54, 1.807) is 35.7 Å². The van der Waals surface area contributed by atoms with Gasteiger partial charge in [-0.1, -0.05) is 41.9 Å². The number of fused-ring (bicyclic) bond motifs is 2. The molecular formula is C27H24ClN3O3S2. The Balaban J connectivity index is 1.35. The first kappa shape index (κ1) is 23.6. The molecule has 1 unspecified atom stereocenters. The topological polar surface area (TPSA) is 70.6 Å². The number of hydrogen-bond acceptors (Lipinski definition) is 5. The molecule has 9 heteroatoms. The second-order valence-corrected chi connectivity index (χ2v) is 12.5. The van der Waals surface area contributed by atoms with E-state index < -0.39 is 10.0 Å². The summed E-state index contributed by atoms with van der Waals surface area (Å²) in [5.74, 6) is -0.199. The summed E-state index contributed by atoms with van der Waals surface area (Å²) in [6.07, 6.45) is 3.85. The van der Waals surface area contributed by atoms with E-state index in [0.717, 1.165) is 35.8 Å². The number of benzene rings is 2. The maximum Gasteiger partial charge on any atom is 0.245 e. The zero-order valence-electron chi connectivity index (χ0n) is 19.4. The van der Waals surface area contributed by atoms with Gasteiger partial charge in [-0.3, -0.25) is 9.78 Å². The minimum absolute atomic E-state index is 0.147. The summed E-state index contributed by atoms with van der Waals surface area (Å²) in [7, 11) is -3.93. The fourth-order valence-corrected chi connectivity index (χ4v) is 7.83. The molecular weight excluding hydrogens is 514 g/mol. The highest BCUT2D eigenvalue weighted by Gasteiger charge is 2.42. The predicted octanol–water partition coefficient (Wildman–Crippen LogP) is 5.28. The van der Waals surface area contributed by atoms with Crippen LogP contribution >= 0.6 is 22.9 Å². The fraction of sp³-hybridized carbons (Fsp3) is 0.259. The lowest BCUT2D eigenvalue weighted by Crippen LogP contribution is -2.47. The van der Waals surface area contributed by atoms with Crippen molar-refractivity contribution in [3.8, 4) is 0 Å². The Bertz CT molecular complexity index is 1540. The molecule has 4 aromatic rings. The molecule has 1 saturated carbocycles. The molecule has 1 amide bonds. The molecule has 2 aromatic carbocycles. The van der Waals surface area contributed by atoms with Crippen LogP contribution in [0.1, 0.15) is 34.9 Å². The molecule has 6 nitrogen and oxygen atoms in total. The number of sulfonamides is 1. The number of rotatable bonds is 6. The van der Waals surface area contributed by atoms with Gasteiger partial charge in [-0.05, 0) is 66.1 Å². The number of nitrogens with zero attached hydrogens (tertiary/aromatic N) is 3. The Kier molecular flexibility index (Phi) is 6.08. The van der Waals surface area contributed by atoms with Crippen LogP contribution in [0.4, 0.5) is 0 Å². The zero-order chi connectivity index (χ0) is 24.9. The standard InChI is InChI=1S/C27H24ClN3O3S2/c28-20-8-6-19(7-9-20)27-22-13-16-35-23(22)12-15-30(27)25(32)17-31(21-10-11-21)36(33,34)24-5-1-3-18-4-2-14-29-26(18)24/h1-9,13-14,16,21,27H,10-12,15,17H2. The van der Waals surface area contributed by atoms with Crippen molar-refractivity contribution in [1.82, 2.24) is 14.2 Å². The average molecular weight is 538 g/mol. The van der Waals surface area contributed by atoms with E-state index >= 15 is 0 Å². The molecule has 1 atom stereocenters. The molecule has 0 N–H and O–H groups in total. The summed E-state index contributed by atoms with van der Waals surface area (Å²) in [5.41, 5.74) is 2.49. The third-order valence-electron chi connectivity index (χ3n) is 6.90. The Morgan fingerprint density at radius 3 is 2.64 bits per heavy atom. The van der Waals surface area contributed by atoms with Gasteiger partial charge in [-0.15, -0.1) is 11.3 Å². The molecule has 36 heavy (non-hydrogen) atoms. The normalized spacial score (nSPS) is 17.9. The van der Waals surface area contributed by atoms with E-state index in [1.807, 2.05) is 41.3 Å². The largest absolute Gasteiger partial charge is 0.330 e. The highest BCUT2D eigenvalue weighted by atomic mass is 35.5. The van der Waals surface area contributed by atoms with E-state index in [0.29, 0.717) is 17.1 Å². The summed E-state index contributed by atoms with van der Waals surface area (Å²) in [4.78, 5) is 21.4. The fourth-order valence-electron chi connectivity index (χ4n) is 5.00. The van der Waals surface area contributed by atoms with Crippen molar-refractivity contribution in [3.05, 3.63) is 93.3 Å². The number of thiophene rings is 1. The first-order valence-electron chi connectivity index (χ1n) is 11.9. The lowest BCUT2D eigenvalue weighted by molar-refractivity contribution is -0.133. The van der Waals surface area contributed by atoms with Crippen LogP contribution in [0.2, 0.25) is 5.02 Å². The zero-order valence-corrected chi connectivity index (χ0v) is 21.8. The van der Waals surface area contributed by atoms with Crippen molar-refractivity contribution in [3.63, 3.8) is 0 Å². The number of amides is 1. The van der Waals surface area contributed by atoms with Gasteiger partial charge in [0.15, 0.2) is 0 Å². The Morgan fingerprint density at radius 1 is 1.08 bits per heavy atom. The third-order valence-corrected chi connectivity index (χ3v) is 10.1.